The van der Waals surface area contributed by atoms with Gasteiger partial charge < -0.3 is 14.5 Å². The molecule has 0 aromatic carbocycles. The van der Waals surface area contributed by atoms with Crippen molar-refractivity contribution in [1.82, 2.24) is 4.98 Å². The molecule has 15 heavy (non-hydrogen) atoms. The Labute approximate surface area is 90.9 Å². The van der Waals surface area contributed by atoms with Crippen molar-refractivity contribution in [3.8, 4) is 5.75 Å². The lowest BCUT2D eigenvalue weighted by molar-refractivity contribution is 0.202. The number of ether oxygens (including phenoxy) is 1. The molecule has 0 bridgehead atoms. The molecule has 2 aromatic rings. The fraction of sp³-hybridized carbons (Fsp3) is 0.300. The van der Waals surface area contributed by atoms with E-state index in [0.717, 1.165) is 16.5 Å². The second-order valence-corrected chi connectivity index (χ2v) is 4.45. The zero-order valence-corrected chi connectivity index (χ0v) is 9.00. The highest BCUT2D eigenvalue weighted by Gasteiger charge is 2.24. The minimum absolute atomic E-state index is 0.0138. The van der Waals surface area contributed by atoms with Crippen LogP contribution in [0.4, 0.5) is 5.88 Å². The summed E-state index contributed by atoms with van der Waals surface area (Å²) in [4.78, 5) is 4.41. The van der Waals surface area contributed by atoms with Crippen LogP contribution in [0.1, 0.15) is 16.8 Å². The van der Waals surface area contributed by atoms with Crippen LogP contribution in [-0.2, 0) is 0 Å². The molecule has 4 nitrogen and oxygen atoms in total. The lowest BCUT2D eigenvalue weighted by atomic mass is 10.2. The second kappa shape index (κ2) is 3.27. The zero-order chi connectivity index (χ0) is 10.3. The molecular weight excluding hydrogens is 212 g/mol. The highest BCUT2D eigenvalue weighted by molar-refractivity contribution is 7.09. The summed E-state index contributed by atoms with van der Waals surface area (Å²) in [7, 11) is 0. The smallest absolute Gasteiger partial charge is 0.235 e. The van der Waals surface area contributed by atoms with Crippen molar-refractivity contribution in [2.24, 2.45) is 0 Å². The molecule has 0 radical (unpaired) electrons. The maximum atomic E-state index is 5.76. The third-order valence-corrected chi connectivity index (χ3v) is 3.10. The number of anilines is 1. The predicted molar refractivity (Wildman–Crippen MR) is 57.4 cm³/mol. The fourth-order valence-electron chi connectivity index (χ4n) is 1.59. The van der Waals surface area contributed by atoms with Crippen LogP contribution < -0.4 is 10.1 Å². The van der Waals surface area contributed by atoms with E-state index < -0.39 is 0 Å². The summed E-state index contributed by atoms with van der Waals surface area (Å²) in [5.41, 5.74) is 0.983. The van der Waals surface area contributed by atoms with Gasteiger partial charge >= 0.3 is 0 Å². The Balaban J connectivity index is 1.87. The minimum Gasteiger partial charge on any atom is -0.477 e. The second-order valence-electron chi connectivity index (χ2n) is 3.39. The molecule has 1 unspecified atom stereocenters. The molecule has 2 aromatic heterocycles. The van der Waals surface area contributed by atoms with E-state index in [9.17, 15) is 0 Å². The molecule has 0 saturated carbocycles. The Morgan fingerprint density at radius 3 is 3.33 bits per heavy atom. The highest BCUT2D eigenvalue weighted by atomic mass is 32.1. The summed E-state index contributed by atoms with van der Waals surface area (Å²) in [6, 6.07) is 1.81. The minimum atomic E-state index is -0.0138. The molecule has 78 valence electrons. The Morgan fingerprint density at radius 1 is 1.60 bits per heavy atom. The van der Waals surface area contributed by atoms with Gasteiger partial charge in [-0.05, 0) is 6.92 Å². The summed E-state index contributed by atoms with van der Waals surface area (Å²) in [5.74, 6) is 1.47. The molecule has 0 saturated heterocycles. The number of furan rings is 1. The Morgan fingerprint density at radius 2 is 2.53 bits per heavy atom. The summed E-state index contributed by atoms with van der Waals surface area (Å²) < 4.78 is 11.0. The lowest BCUT2D eigenvalue weighted by Crippen LogP contribution is -2.22. The van der Waals surface area contributed by atoms with Gasteiger partial charge in [0.25, 0.3) is 0 Å². The zero-order valence-electron chi connectivity index (χ0n) is 8.19. The van der Waals surface area contributed by atoms with E-state index in [-0.39, 0.29) is 6.10 Å². The van der Waals surface area contributed by atoms with E-state index >= 15 is 0 Å². The highest BCUT2D eigenvalue weighted by Crippen LogP contribution is 2.34. The molecule has 0 spiro atoms. The van der Waals surface area contributed by atoms with Crippen molar-refractivity contribution in [3.63, 3.8) is 0 Å². The molecule has 5 heteroatoms. The maximum Gasteiger partial charge on any atom is 0.235 e. The van der Waals surface area contributed by atoms with Gasteiger partial charge in [0.15, 0.2) is 11.9 Å². The maximum absolute atomic E-state index is 5.76. The standard InChI is InChI=1S/C10H10N2O2S/c1-6-12-7(5-15-6)9-4-11-10-8(14-9)2-3-13-10/h2-3,5,9,11H,4H2,1H3. The van der Waals surface area contributed by atoms with Crippen LogP contribution in [0, 0.1) is 6.92 Å². The summed E-state index contributed by atoms with van der Waals surface area (Å²) in [6.07, 6.45) is 1.60. The van der Waals surface area contributed by atoms with Gasteiger partial charge in [0.1, 0.15) is 0 Å². The summed E-state index contributed by atoms with van der Waals surface area (Å²) in [6.45, 7) is 2.69. The number of aryl methyl sites for hydroxylation is 1. The van der Waals surface area contributed by atoms with Crippen LogP contribution in [0.25, 0.3) is 0 Å². The van der Waals surface area contributed by atoms with Gasteiger partial charge in [-0.15, -0.1) is 11.3 Å². The van der Waals surface area contributed by atoms with Gasteiger partial charge in [-0.1, -0.05) is 0 Å². The third-order valence-electron chi connectivity index (χ3n) is 2.31. The van der Waals surface area contributed by atoms with E-state index in [4.69, 9.17) is 9.15 Å². The monoisotopic (exact) mass is 222 g/mol. The molecule has 3 rings (SSSR count). The first kappa shape index (κ1) is 8.79. The van der Waals surface area contributed by atoms with Crippen LogP contribution >= 0.6 is 11.3 Å². The number of nitrogens with zero attached hydrogens (tertiary/aromatic N) is 1. The van der Waals surface area contributed by atoms with Gasteiger partial charge in [-0.25, -0.2) is 4.98 Å². The molecule has 1 aliphatic heterocycles. The number of nitrogens with one attached hydrogen (secondary N) is 1. The molecule has 0 aliphatic carbocycles. The molecule has 1 aliphatic rings. The van der Waals surface area contributed by atoms with E-state index in [2.05, 4.69) is 10.3 Å². The SMILES string of the molecule is Cc1nc(C2CNc3occc3O2)cs1. The van der Waals surface area contributed by atoms with E-state index in [1.807, 2.05) is 18.4 Å². The van der Waals surface area contributed by atoms with Gasteiger partial charge in [0.05, 0.1) is 23.5 Å². The van der Waals surface area contributed by atoms with E-state index in [0.29, 0.717) is 12.4 Å². The first-order valence-electron chi connectivity index (χ1n) is 4.73. The summed E-state index contributed by atoms with van der Waals surface area (Å²) in [5, 5.41) is 6.27. The van der Waals surface area contributed by atoms with E-state index in [1.54, 1.807) is 17.6 Å². The first-order valence-corrected chi connectivity index (χ1v) is 5.61. The molecule has 0 amide bonds. The third kappa shape index (κ3) is 1.48. The van der Waals surface area contributed by atoms with Gasteiger partial charge in [-0.2, -0.15) is 0 Å². The van der Waals surface area contributed by atoms with Crippen molar-refractivity contribution in [3.05, 3.63) is 28.4 Å². The van der Waals surface area contributed by atoms with Gasteiger partial charge in [0, 0.05) is 11.4 Å². The normalized spacial score (nSPS) is 19.1. The molecular formula is C10H10N2O2S. The molecule has 0 fully saturated rings. The fourth-order valence-corrected chi connectivity index (χ4v) is 2.25. The average Bonchev–Trinajstić information content (AvgIpc) is 2.84. The van der Waals surface area contributed by atoms with Gasteiger partial charge in [-0.3, -0.25) is 0 Å². The van der Waals surface area contributed by atoms with Gasteiger partial charge in [0.2, 0.25) is 5.88 Å². The first-order chi connectivity index (χ1) is 7.33. The van der Waals surface area contributed by atoms with Crippen molar-refractivity contribution >= 4 is 17.2 Å². The van der Waals surface area contributed by atoms with Crippen LogP contribution in [0.2, 0.25) is 0 Å². The lowest BCUT2D eigenvalue weighted by Gasteiger charge is -2.22. The van der Waals surface area contributed by atoms with Crippen molar-refractivity contribution < 1.29 is 9.15 Å². The largest absolute Gasteiger partial charge is 0.477 e. The Kier molecular flexibility index (Phi) is 1.92. The van der Waals surface area contributed by atoms with Crippen LogP contribution in [0.15, 0.2) is 22.1 Å². The quantitative estimate of drug-likeness (QED) is 0.805. The number of rotatable bonds is 1. The number of aromatic nitrogens is 1. The van der Waals surface area contributed by atoms with Crippen molar-refractivity contribution in [1.29, 1.82) is 0 Å². The Bertz CT molecular complexity index is 477. The number of hydrogen-bond donors (Lipinski definition) is 1. The van der Waals surface area contributed by atoms with Crippen LogP contribution in [0.5, 0.6) is 5.75 Å². The predicted octanol–water partition coefficient (Wildman–Crippen LogP) is 2.59. The van der Waals surface area contributed by atoms with E-state index in [1.165, 1.54) is 0 Å². The number of thiazole rings is 1. The van der Waals surface area contributed by atoms with Crippen LogP contribution in [0.3, 0.4) is 0 Å². The Hall–Kier alpha value is -1.49. The molecule has 1 N–H and O–H groups in total. The average molecular weight is 222 g/mol. The number of hydrogen-bond acceptors (Lipinski definition) is 5. The van der Waals surface area contributed by atoms with Crippen molar-refractivity contribution in [2.45, 2.75) is 13.0 Å². The molecule has 1 atom stereocenters. The number of fused-ring (bicyclic) bond motifs is 1. The molecule has 3 heterocycles. The summed E-state index contributed by atoms with van der Waals surface area (Å²) >= 11 is 1.64. The van der Waals surface area contributed by atoms with Crippen molar-refractivity contribution in [2.75, 3.05) is 11.9 Å². The topological polar surface area (TPSA) is 47.3 Å². The van der Waals surface area contributed by atoms with Crippen LogP contribution in [-0.4, -0.2) is 11.5 Å².